The second-order valence-corrected chi connectivity index (χ2v) is 4.98. The van der Waals surface area contributed by atoms with Gasteiger partial charge in [-0.2, -0.15) is 0 Å². The van der Waals surface area contributed by atoms with Crippen LogP contribution in [0.25, 0.3) is 0 Å². The highest BCUT2D eigenvalue weighted by Gasteiger charge is 2.31. The van der Waals surface area contributed by atoms with Crippen molar-refractivity contribution in [2.24, 2.45) is 0 Å². The van der Waals surface area contributed by atoms with Gasteiger partial charge in [-0.3, -0.25) is 0 Å². The molecule has 94 valence electrons. The molecule has 1 N–H and O–H groups in total. The summed E-state index contributed by atoms with van der Waals surface area (Å²) in [5.41, 5.74) is 0.168. The SMILES string of the molecule is ClCC1(NCCOc2ccccc2)CCCC1. The van der Waals surface area contributed by atoms with E-state index in [1.807, 2.05) is 30.3 Å². The van der Waals surface area contributed by atoms with E-state index in [2.05, 4.69) is 5.32 Å². The standard InChI is InChI=1S/C14H20ClNO/c15-12-14(8-4-5-9-14)16-10-11-17-13-6-2-1-3-7-13/h1-3,6-7,16H,4-5,8-12H2. The molecule has 0 heterocycles. The maximum Gasteiger partial charge on any atom is 0.119 e. The molecule has 0 spiro atoms. The third-order valence-corrected chi connectivity index (χ3v) is 3.94. The molecule has 1 aliphatic rings. The monoisotopic (exact) mass is 253 g/mol. The molecular formula is C14H20ClNO. The Labute approximate surface area is 108 Å². The van der Waals surface area contributed by atoms with Gasteiger partial charge in [0.05, 0.1) is 0 Å². The van der Waals surface area contributed by atoms with Gasteiger partial charge in [0, 0.05) is 18.0 Å². The molecule has 0 amide bonds. The molecule has 0 bridgehead atoms. The van der Waals surface area contributed by atoms with E-state index in [0.29, 0.717) is 12.5 Å². The number of nitrogens with one attached hydrogen (secondary N) is 1. The molecular weight excluding hydrogens is 234 g/mol. The van der Waals surface area contributed by atoms with Crippen LogP contribution in [-0.4, -0.2) is 24.6 Å². The third-order valence-electron chi connectivity index (χ3n) is 3.43. The molecule has 0 aliphatic heterocycles. The van der Waals surface area contributed by atoms with Gasteiger partial charge in [0.15, 0.2) is 0 Å². The maximum absolute atomic E-state index is 6.06. The van der Waals surface area contributed by atoms with Gasteiger partial charge in [-0.05, 0) is 25.0 Å². The van der Waals surface area contributed by atoms with Crippen LogP contribution in [0.15, 0.2) is 30.3 Å². The number of para-hydroxylation sites is 1. The minimum absolute atomic E-state index is 0.168. The first kappa shape index (κ1) is 12.7. The predicted octanol–water partition coefficient (Wildman–Crippen LogP) is 3.21. The van der Waals surface area contributed by atoms with Crippen molar-refractivity contribution in [3.05, 3.63) is 30.3 Å². The minimum Gasteiger partial charge on any atom is -0.492 e. The summed E-state index contributed by atoms with van der Waals surface area (Å²) in [5.74, 6) is 1.64. The van der Waals surface area contributed by atoms with E-state index in [9.17, 15) is 0 Å². The molecule has 1 aromatic carbocycles. The number of hydrogen-bond acceptors (Lipinski definition) is 2. The minimum atomic E-state index is 0.168. The molecule has 1 fully saturated rings. The first-order valence-electron chi connectivity index (χ1n) is 6.33. The van der Waals surface area contributed by atoms with E-state index in [4.69, 9.17) is 16.3 Å². The van der Waals surface area contributed by atoms with E-state index in [-0.39, 0.29) is 5.54 Å². The average molecular weight is 254 g/mol. The van der Waals surface area contributed by atoms with E-state index < -0.39 is 0 Å². The van der Waals surface area contributed by atoms with Crippen molar-refractivity contribution in [3.63, 3.8) is 0 Å². The van der Waals surface area contributed by atoms with Crippen molar-refractivity contribution in [3.8, 4) is 5.75 Å². The largest absolute Gasteiger partial charge is 0.492 e. The molecule has 1 saturated carbocycles. The van der Waals surface area contributed by atoms with Gasteiger partial charge in [0.1, 0.15) is 12.4 Å². The number of benzene rings is 1. The fraction of sp³-hybridized carbons (Fsp3) is 0.571. The number of rotatable bonds is 6. The van der Waals surface area contributed by atoms with E-state index in [0.717, 1.165) is 12.3 Å². The van der Waals surface area contributed by atoms with Crippen molar-refractivity contribution in [1.29, 1.82) is 0 Å². The van der Waals surface area contributed by atoms with Gasteiger partial charge in [-0.25, -0.2) is 0 Å². The Morgan fingerprint density at radius 3 is 2.53 bits per heavy atom. The van der Waals surface area contributed by atoms with Gasteiger partial charge in [0.25, 0.3) is 0 Å². The molecule has 1 aromatic rings. The number of alkyl halides is 1. The van der Waals surface area contributed by atoms with Crippen LogP contribution in [0.4, 0.5) is 0 Å². The van der Waals surface area contributed by atoms with E-state index in [1.54, 1.807) is 0 Å². The maximum atomic E-state index is 6.06. The normalized spacial score (nSPS) is 18.2. The van der Waals surface area contributed by atoms with Crippen molar-refractivity contribution in [2.75, 3.05) is 19.0 Å². The van der Waals surface area contributed by atoms with Gasteiger partial charge < -0.3 is 10.1 Å². The van der Waals surface area contributed by atoms with E-state index in [1.165, 1.54) is 25.7 Å². The zero-order valence-electron chi connectivity index (χ0n) is 10.1. The molecule has 2 rings (SSSR count). The smallest absolute Gasteiger partial charge is 0.119 e. The second-order valence-electron chi connectivity index (χ2n) is 4.71. The molecule has 1 aliphatic carbocycles. The Kier molecular flexibility index (Phi) is 4.69. The van der Waals surface area contributed by atoms with Crippen LogP contribution < -0.4 is 10.1 Å². The molecule has 0 aromatic heterocycles. The molecule has 0 radical (unpaired) electrons. The lowest BCUT2D eigenvalue weighted by Gasteiger charge is -2.27. The van der Waals surface area contributed by atoms with Crippen molar-refractivity contribution >= 4 is 11.6 Å². The van der Waals surface area contributed by atoms with Gasteiger partial charge >= 0.3 is 0 Å². The first-order valence-corrected chi connectivity index (χ1v) is 6.87. The molecule has 17 heavy (non-hydrogen) atoms. The number of hydrogen-bond donors (Lipinski definition) is 1. The van der Waals surface area contributed by atoms with Gasteiger partial charge in [0.2, 0.25) is 0 Å². The molecule has 3 heteroatoms. The van der Waals surface area contributed by atoms with Crippen LogP contribution in [-0.2, 0) is 0 Å². The first-order chi connectivity index (χ1) is 8.35. The fourth-order valence-electron chi connectivity index (χ4n) is 2.41. The molecule has 2 nitrogen and oxygen atoms in total. The summed E-state index contributed by atoms with van der Waals surface area (Å²) in [7, 11) is 0. The Hall–Kier alpha value is -0.730. The van der Waals surface area contributed by atoms with Crippen LogP contribution >= 0.6 is 11.6 Å². The Balaban J connectivity index is 1.69. The second kappa shape index (κ2) is 6.27. The van der Waals surface area contributed by atoms with Gasteiger partial charge in [-0.1, -0.05) is 31.0 Å². The lowest BCUT2D eigenvalue weighted by atomic mass is 10.0. The lowest BCUT2D eigenvalue weighted by molar-refractivity contribution is 0.279. The fourth-order valence-corrected chi connectivity index (χ4v) is 2.77. The van der Waals surface area contributed by atoms with Crippen LogP contribution in [0.1, 0.15) is 25.7 Å². The predicted molar refractivity (Wildman–Crippen MR) is 71.9 cm³/mol. The highest BCUT2D eigenvalue weighted by molar-refractivity contribution is 6.18. The summed E-state index contributed by atoms with van der Waals surface area (Å²) in [6.45, 7) is 1.56. The highest BCUT2D eigenvalue weighted by Crippen LogP contribution is 2.30. The Morgan fingerprint density at radius 2 is 1.88 bits per heavy atom. The van der Waals surface area contributed by atoms with Crippen LogP contribution in [0.3, 0.4) is 0 Å². The Bertz CT molecular complexity index is 322. The molecule has 0 unspecified atom stereocenters. The number of halogens is 1. The summed E-state index contributed by atoms with van der Waals surface area (Å²) in [5, 5.41) is 3.56. The van der Waals surface area contributed by atoms with Crippen molar-refractivity contribution in [2.45, 2.75) is 31.2 Å². The quantitative estimate of drug-likeness (QED) is 0.621. The lowest BCUT2D eigenvalue weighted by Crippen LogP contribution is -2.46. The zero-order chi connectivity index (χ0) is 12.0. The van der Waals surface area contributed by atoms with Crippen molar-refractivity contribution < 1.29 is 4.74 Å². The summed E-state index contributed by atoms with van der Waals surface area (Å²) in [6.07, 6.45) is 4.97. The number of ether oxygens (including phenoxy) is 1. The van der Waals surface area contributed by atoms with Crippen LogP contribution in [0.2, 0.25) is 0 Å². The highest BCUT2D eigenvalue weighted by atomic mass is 35.5. The average Bonchev–Trinajstić information content (AvgIpc) is 2.85. The summed E-state index contributed by atoms with van der Waals surface area (Å²) >= 11 is 6.06. The van der Waals surface area contributed by atoms with E-state index >= 15 is 0 Å². The summed E-state index contributed by atoms with van der Waals surface area (Å²) < 4.78 is 5.65. The Morgan fingerprint density at radius 1 is 1.18 bits per heavy atom. The summed E-state index contributed by atoms with van der Waals surface area (Å²) in [6, 6.07) is 9.92. The van der Waals surface area contributed by atoms with Crippen molar-refractivity contribution in [1.82, 2.24) is 5.32 Å². The zero-order valence-corrected chi connectivity index (χ0v) is 10.9. The molecule has 0 saturated heterocycles. The topological polar surface area (TPSA) is 21.3 Å². The van der Waals surface area contributed by atoms with Gasteiger partial charge in [-0.15, -0.1) is 11.6 Å². The third kappa shape index (κ3) is 3.62. The summed E-state index contributed by atoms with van der Waals surface area (Å²) in [4.78, 5) is 0. The molecule has 0 atom stereocenters. The van der Waals surface area contributed by atoms with Crippen LogP contribution in [0, 0.1) is 0 Å². The van der Waals surface area contributed by atoms with Crippen LogP contribution in [0.5, 0.6) is 5.75 Å².